The van der Waals surface area contributed by atoms with Gasteiger partial charge < -0.3 is 4.90 Å². The summed E-state index contributed by atoms with van der Waals surface area (Å²) in [5, 5.41) is 2.00. The van der Waals surface area contributed by atoms with Gasteiger partial charge in [0.15, 0.2) is 4.34 Å². The van der Waals surface area contributed by atoms with E-state index in [-0.39, 0.29) is 11.2 Å². The van der Waals surface area contributed by atoms with E-state index in [1.165, 1.54) is 5.56 Å². The van der Waals surface area contributed by atoms with Crippen molar-refractivity contribution in [2.24, 2.45) is 5.92 Å². The molecule has 5 heteroatoms. The van der Waals surface area contributed by atoms with Gasteiger partial charge in [0.25, 0.3) is 0 Å². The lowest BCUT2D eigenvalue weighted by molar-refractivity contribution is -0.131. The first-order valence-corrected chi connectivity index (χ1v) is 10.3. The molecule has 1 atom stereocenters. The zero-order valence-corrected chi connectivity index (χ0v) is 16.1. The Kier molecular flexibility index (Phi) is 5.61. The minimum Gasteiger partial charge on any atom is -0.342 e. The Morgan fingerprint density at radius 2 is 1.96 bits per heavy atom. The number of thiazole rings is 1. The molecule has 1 fully saturated rings. The topological polar surface area (TPSA) is 33.2 Å². The molecule has 0 radical (unpaired) electrons. The molecule has 1 aromatic heterocycles. The fraction of sp³-hybridized carbons (Fsp3) is 0.474. The number of thioether (sulfide) groups is 1. The molecule has 1 aromatic carbocycles. The van der Waals surface area contributed by atoms with E-state index in [0.717, 1.165) is 47.4 Å². The first kappa shape index (κ1) is 17.5. The van der Waals surface area contributed by atoms with E-state index < -0.39 is 0 Å². The van der Waals surface area contributed by atoms with E-state index in [9.17, 15) is 4.79 Å². The van der Waals surface area contributed by atoms with Gasteiger partial charge in [0.2, 0.25) is 5.91 Å². The zero-order chi connectivity index (χ0) is 17.1. The maximum Gasteiger partial charge on any atom is 0.235 e. The van der Waals surface area contributed by atoms with Gasteiger partial charge in [-0.15, -0.1) is 11.3 Å². The number of benzene rings is 1. The molecule has 0 bridgehead atoms. The summed E-state index contributed by atoms with van der Waals surface area (Å²) in [5.74, 6) is 0.993. The van der Waals surface area contributed by atoms with Crippen molar-refractivity contribution in [3.05, 3.63) is 35.2 Å². The number of amides is 1. The first-order valence-electron chi connectivity index (χ1n) is 8.51. The second kappa shape index (κ2) is 7.70. The van der Waals surface area contributed by atoms with Gasteiger partial charge in [0, 0.05) is 24.0 Å². The average molecular weight is 361 g/mol. The maximum atomic E-state index is 12.6. The minimum atomic E-state index is -0.0737. The summed E-state index contributed by atoms with van der Waals surface area (Å²) in [6, 6.07) is 8.40. The highest BCUT2D eigenvalue weighted by Crippen LogP contribution is 2.32. The fourth-order valence-corrected chi connectivity index (χ4v) is 4.91. The Hall–Kier alpha value is -1.33. The molecule has 3 nitrogen and oxygen atoms in total. The van der Waals surface area contributed by atoms with Crippen LogP contribution in [0.2, 0.25) is 0 Å². The molecule has 0 aliphatic carbocycles. The summed E-state index contributed by atoms with van der Waals surface area (Å²) >= 11 is 3.20. The van der Waals surface area contributed by atoms with Crippen LogP contribution in [0.5, 0.6) is 0 Å². The van der Waals surface area contributed by atoms with Crippen LogP contribution in [0.3, 0.4) is 0 Å². The van der Waals surface area contributed by atoms with Crippen LogP contribution in [-0.2, 0) is 4.79 Å². The highest BCUT2D eigenvalue weighted by molar-refractivity contribution is 8.02. The van der Waals surface area contributed by atoms with Gasteiger partial charge in [0.1, 0.15) is 0 Å². The normalized spacial score (nSPS) is 17.0. The molecule has 1 saturated heterocycles. The highest BCUT2D eigenvalue weighted by atomic mass is 32.2. The van der Waals surface area contributed by atoms with Crippen LogP contribution in [0.15, 0.2) is 34.0 Å². The number of nitrogens with zero attached hydrogens (tertiary/aromatic N) is 2. The number of likely N-dealkylation sites (tertiary alicyclic amines) is 1. The molecule has 128 valence electrons. The molecular weight excluding hydrogens is 336 g/mol. The Morgan fingerprint density at radius 1 is 1.29 bits per heavy atom. The Balaban J connectivity index is 1.61. The lowest BCUT2D eigenvalue weighted by Crippen LogP contribution is -2.41. The van der Waals surface area contributed by atoms with E-state index in [1.807, 2.05) is 11.8 Å². The summed E-state index contributed by atoms with van der Waals surface area (Å²) in [5.41, 5.74) is 3.38. The number of aryl methyl sites for hydroxylation is 1. The Morgan fingerprint density at radius 3 is 2.62 bits per heavy atom. The van der Waals surface area contributed by atoms with Crippen molar-refractivity contribution in [3.8, 4) is 11.3 Å². The van der Waals surface area contributed by atoms with Crippen molar-refractivity contribution in [2.75, 3.05) is 13.1 Å². The summed E-state index contributed by atoms with van der Waals surface area (Å²) < 4.78 is 0.969. The molecule has 0 spiro atoms. The molecule has 1 aliphatic rings. The second-order valence-corrected chi connectivity index (χ2v) is 9.08. The SMILES string of the molecule is Cc1ccc(-c2csc(SC(C)C(=O)N3CCC(C)CC3)n2)cc1. The smallest absolute Gasteiger partial charge is 0.235 e. The summed E-state index contributed by atoms with van der Waals surface area (Å²) in [4.78, 5) is 19.3. The van der Waals surface area contributed by atoms with Crippen LogP contribution in [0.25, 0.3) is 11.3 Å². The number of carbonyl (C=O) groups excluding carboxylic acids is 1. The molecule has 2 heterocycles. The minimum absolute atomic E-state index is 0.0737. The van der Waals surface area contributed by atoms with Crippen LogP contribution >= 0.6 is 23.1 Å². The molecule has 1 amide bonds. The van der Waals surface area contributed by atoms with E-state index in [1.54, 1.807) is 23.1 Å². The molecule has 1 unspecified atom stereocenters. The predicted molar refractivity (Wildman–Crippen MR) is 103 cm³/mol. The zero-order valence-electron chi connectivity index (χ0n) is 14.5. The monoisotopic (exact) mass is 360 g/mol. The molecule has 2 aromatic rings. The standard InChI is InChI=1S/C19H24N2OS2/c1-13-4-6-16(7-5-13)17-12-23-19(20-17)24-15(3)18(22)21-10-8-14(2)9-11-21/h4-7,12,14-15H,8-11H2,1-3H3. The number of piperidine rings is 1. The fourth-order valence-electron chi connectivity index (χ4n) is 2.86. The summed E-state index contributed by atoms with van der Waals surface area (Å²) in [6.07, 6.45) is 2.25. The van der Waals surface area contributed by atoms with Gasteiger partial charge in [-0.3, -0.25) is 4.79 Å². The third-order valence-electron chi connectivity index (χ3n) is 4.55. The number of aromatic nitrogens is 1. The quantitative estimate of drug-likeness (QED) is 0.730. The van der Waals surface area contributed by atoms with E-state index in [4.69, 9.17) is 4.98 Å². The van der Waals surface area contributed by atoms with Gasteiger partial charge >= 0.3 is 0 Å². The molecular formula is C19H24N2OS2. The Bertz CT molecular complexity index is 688. The van der Waals surface area contributed by atoms with Crippen LogP contribution in [-0.4, -0.2) is 34.1 Å². The molecule has 1 aliphatic heterocycles. The molecule has 0 N–H and O–H groups in total. The maximum absolute atomic E-state index is 12.6. The van der Waals surface area contributed by atoms with Crippen molar-refractivity contribution >= 4 is 29.0 Å². The highest BCUT2D eigenvalue weighted by Gasteiger charge is 2.25. The number of carbonyl (C=O) groups is 1. The number of hydrogen-bond donors (Lipinski definition) is 0. The van der Waals surface area contributed by atoms with Crippen LogP contribution in [0, 0.1) is 12.8 Å². The summed E-state index contributed by atoms with van der Waals surface area (Å²) in [6.45, 7) is 8.15. The van der Waals surface area contributed by atoms with Crippen LogP contribution < -0.4 is 0 Å². The third-order valence-corrected chi connectivity index (χ3v) is 6.61. The number of rotatable bonds is 4. The Labute approximate surface area is 152 Å². The molecule has 24 heavy (non-hydrogen) atoms. The van der Waals surface area contributed by atoms with Crippen LogP contribution in [0.1, 0.15) is 32.3 Å². The van der Waals surface area contributed by atoms with E-state index in [0.29, 0.717) is 0 Å². The molecule has 0 saturated carbocycles. The van der Waals surface area contributed by atoms with Crippen molar-refractivity contribution < 1.29 is 4.79 Å². The average Bonchev–Trinajstić information content (AvgIpc) is 3.04. The van der Waals surface area contributed by atoms with Crippen molar-refractivity contribution in [3.63, 3.8) is 0 Å². The van der Waals surface area contributed by atoms with Crippen molar-refractivity contribution in [1.82, 2.24) is 9.88 Å². The third kappa shape index (κ3) is 4.19. The van der Waals surface area contributed by atoms with Gasteiger partial charge in [-0.25, -0.2) is 4.98 Å². The predicted octanol–water partition coefficient (Wildman–Crippen LogP) is 4.86. The first-order chi connectivity index (χ1) is 11.5. The van der Waals surface area contributed by atoms with E-state index in [2.05, 4.69) is 43.5 Å². The lowest BCUT2D eigenvalue weighted by atomic mass is 9.99. The largest absolute Gasteiger partial charge is 0.342 e. The second-order valence-electron chi connectivity index (χ2n) is 6.63. The number of hydrogen-bond acceptors (Lipinski definition) is 4. The summed E-state index contributed by atoms with van der Waals surface area (Å²) in [7, 11) is 0. The van der Waals surface area contributed by atoms with Gasteiger partial charge in [-0.1, -0.05) is 48.5 Å². The lowest BCUT2D eigenvalue weighted by Gasteiger charge is -2.31. The van der Waals surface area contributed by atoms with Crippen molar-refractivity contribution in [2.45, 2.75) is 43.2 Å². The van der Waals surface area contributed by atoms with E-state index >= 15 is 0 Å². The molecule has 3 rings (SSSR count). The van der Waals surface area contributed by atoms with Crippen molar-refractivity contribution in [1.29, 1.82) is 0 Å². The van der Waals surface area contributed by atoms with Gasteiger partial charge in [0.05, 0.1) is 10.9 Å². The van der Waals surface area contributed by atoms with Gasteiger partial charge in [-0.05, 0) is 32.6 Å². The van der Waals surface area contributed by atoms with Crippen LogP contribution in [0.4, 0.5) is 0 Å². The van der Waals surface area contributed by atoms with Gasteiger partial charge in [-0.2, -0.15) is 0 Å².